The van der Waals surface area contributed by atoms with Gasteiger partial charge in [0.15, 0.2) is 5.82 Å². The fraction of sp³-hybridized carbons (Fsp3) is 0.500. The Kier molecular flexibility index (Phi) is 4.21. The summed E-state index contributed by atoms with van der Waals surface area (Å²) in [5.41, 5.74) is 8.75. The molecule has 0 atom stereocenters. The molecule has 21 heavy (non-hydrogen) atoms. The SMILES string of the molecule is Cc1c(N)cc(Br)cc1-c1nnnn1CC1CCOCC1. The number of hydrogen-bond donors (Lipinski definition) is 1. The van der Waals surface area contributed by atoms with Gasteiger partial charge in [-0.3, -0.25) is 0 Å². The van der Waals surface area contributed by atoms with E-state index in [0.29, 0.717) is 5.92 Å². The minimum absolute atomic E-state index is 0.561. The second kappa shape index (κ2) is 6.11. The van der Waals surface area contributed by atoms with E-state index in [0.717, 1.165) is 59.7 Å². The first kappa shape index (κ1) is 14.5. The summed E-state index contributed by atoms with van der Waals surface area (Å²) in [5, 5.41) is 12.2. The molecule has 1 aliphatic rings. The molecule has 7 heteroatoms. The third-order valence-electron chi connectivity index (χ3n) is 3.96. The number of ether oxygens (including phenoxy) is 1. The van der Waals surface area contributed by atoms with Crippen molar-refractivity contribution in [3.8, 4) is 11.4 Å². The highest BCUT2D eigenvalue weighted by Crippen LogP contribution is 2.30. The van der Waals surface area contributed by atoms with E-state index in [9.17, 15) is 0 Å². The maximum Gasteiger partial charge on any atom is 0.182 e. The molecule has 0 aliphatic carbocycles. The Bertz CT molecular complexity index is 636. The lowest BCUT2D eigenvalue weighted by atomic mass is 10.00. The monoisotopic (exact) mass is 351 g/mol. The van der Waals surface area contributed by atoms with E-state index in [1.54, 1.807) is 0 Å². The number of halogens is 1. The largest absolute Gasteiger partial charge is 0.398 e. The summed E-state index contributed by atoms with van der Waals surface area (Å²) in [4.78, 5) is 0. The first-order valence-electron chi connectivity index (χ1n) is 7.05. The van der Waals surface area contributed by atoms with Gasteiger partial charge in [-0.05, 0) is 53.8 Å². The molecule has 0 spiro atoms. The Morgan fingerprint density at radius 2 is 2.14 bits per heavy atom. The van der Waals surface area contributed by atoms with Crippen molar-refractivity contribution in [3.05, 3.63) is 22.2 Å². The van der Waals surface area contributed by atoms with E-state index in [4.69, 9.17) is 10.5 Å². The second-order valence-electron chi connectivity index (χ2n) is 5.41. The van der Waals surface area contributed by atoms with Gasteiger partial charge in [-0.1, -0.05) is 15.9 Å². The standard InChI is InChI=1S/C14H18BrN5O/c1-9-12(6-11(15)7-13(9)16)14-17-18-19-20(14)8-10-2-4-21-5-3-10/h6-7,10H,2-5,8,16H2,1H3. The van der Waals surface area contributed by atoms with Crippen LogP contribution in [0.4, 0.5) is 5.69 Å². The third kappa shape index (κ3) is 3.08. The molecule has 2 aromatic rings. The minimum Gasteiger partial charge on any atom is -0.398 e. The number of aromatic nitrogens is 4. The fourth-order valence-corrected chi connectivity index (χ4v) is 3.10. The van der Waals surface area contributed by atoms with Crippen molar-refractivity contribution in [3.63, 3.8) is 0 Å². The number of benzene rings is 1. The molecule has 1 fully saturated rings. The van der Waals surface area contributed by atoms with Crippen LogP contribution >= 0.6 is 15.9 Å². The molecule has 112 valence electrons. The van der Waals surface area contributed by atoms with Gasteiger partial charge < -0.3 is 10.5 Å². The normalized spacial score (nSPS) is 16.3. The number of anilines is 1. The van der Waals surface area contributed by atoms with Crippen LogP contribution in [0.5, 0.6) is 0 Å². The predicted octanol–water partition coefficient (Wildman–Crippen LogP) is 2.42. The van der Waals surface area contributed by atoms with E-state index in [-0.39, 0.29) is 0 Å². The molecule has 0 radical (unpaired) electrons. The fourth-order valence-electron chi connectivity index (χ4n) is 2.63. The van der Waals surface area contributed by atoms with Gasteiger partial charge in [0.1, 0.15) is 0 Å². The molecule has 1 aromatic carbocycles. The molecular formula is C14H18BrN5O. The van der Waals surface area contributed by atoms with Crippen LogP contribution in [0.3, 0.4) is 0 Å². The van der Waals surface area contributed by atoms with Gasteiger partial charge in [-0.2, -0.15) is 0 Å². The number of nitrogen functional groups attached to an aromatic ring is 1. The van der Waals surface area contributed by atoms with E-state index >= 15 is 0 Å². The van der Waals surface area contributed by atoms with Crippen molar-refractivity contribution in [1.29, 1.82) is 0 Å². The second-order valence-corrected chi connectivity index (χ2v) is 6.32. The van der Waals surface area contributed by atoms with Gasteiger partial charge in [-0.15, -0.1) is 5.10 Å². The molecule has 0 amide bonds. The predicted molar refractivity (Wildman–Crippen MR) is 83.6 cm³/mol. The highest BCUT2D eigenvalue weighted by atomic mass is 79.9. The summed E-state index contributed by atoms with van der Waals surface area (Å²) in [6.07, 6.45) is 2.11. The summed E-state index contributed by atoms with van der Waals surface area (Å²) in [6, 6.07) is 3.91. The van der Waals surface area contributed by atoms with E-state index in [1.165, 1.54) is 0 Å². The summed E-state index contributed by atoms with van der Waals surface area (Å²) in [7, 11) is 0. The summed E-state index contributed by atoms with van der Waals surface area (Å²) in [5.74, 6) is 1.33. The lowest BCUT2D eigenvalue weighted by Crippen LogP contribution is -2.21. The number of tetrazole rings is 1. The van der Waals surface area contributed by atoms with Gasteiger partial charge in [0.25, 0.3) is 0 Å². The van der Waals surface area contributed by atoms with Crippen LogP contribution in [0.25, 0.3) is 11.4 Å². The third-order valence-corrected chi connectivity index (χ3v) is 4.42. The molecule has 2 N–H and O–H groups in total. The quantitative estimate of drug-likeness (QED) is 0.859. The van der Waals surface area contributed by atoms with Gasteiger partial charge in [0.05, 0.1) is 0 Å². The van der Waals surface area contributed by atoms with Gasteiger partial charge in [0, 0.05) is 35.5 Å². The summed E-state index contributed by atoms with van der Waals surface area (Å²) >= 11 is 3.48. The number of nitrogens with zero attached hydrogens (tertiary/aromatic N) is 4. The first-order valence-corrected chi connectivity index (χ1v) is 7.84. The molecule has 3 rings (SSSR count). The summed E-state index contributed by atoms with van der Waals surface area (Å²) < 4.78 is 8.21. The van der Waals surface area contributed by atoms with Crippen molar-refractivity contribution in [2.45, 2.75) is 26.3 Å². The van der Waals surface area contributed by atoms with Crippen LogP contribution in [-0.4, -0.2) is 33.4 Å². The Balaban J connectivity index is 1.91. The van der Waals surface area contributed by atoms with Crippen molar-refractivity contribution >= 4 is 21.6 Å². The van der Waals surface area contributed by atoms with Crippen LogP contribution in [0.1, 0.15) is 18.4 Å². The number of rotatable bonds is 3. The van der Waals surface area contributed by atoms with Crippen LogP contribution in [0.2, 0.25) is 0 Å². The van der Waals surface area contributed by atoms with Gasteiger partial charge >= 0.3 is 0 Å². The lowest BCUT2D eigenvalue weighted by Gasteiger charge is -2.22. The van der Waals surface area contributed by atoms with Crippen LogP contribution in [0.15, 0.2) is 16.6 Å². The van der Waals surface area contributed by atoms with E-state index < -0.39 is 0 Å². The van der Waals surface area contributed by atoms with E-state index in [2.05, 4.69) is 31.5 Å². The molecule has 0 saturated carbocycles. The molecule has 2 heterocycles. The highest BCUT2D eigenvalue weighted by molar-refractivity contribution is 9.10. The van der Waals surface area contributed by atoms with Crippen LogP contribution in [-0.2, 0) is 11.3 Å². The Hall–Kier alpha value is -1.47. The van der Waals surface area contributed by atoms with E-state index in [1.807, 2.05) is 23.7 Å². The Morgan fingerprint density at radius 1 is 1.38 bits per heavy atom. The zero-order valence-electron chi connectivity index (χ0n) is 11.9. The smallest absolute Gasteiger partial charge is 0.182 e. The van der Waals surface area contributed by atoms with Crippen molar-refractivity contribution in [1.82, 2.24) is 20.2 Å². The zero-order chi connectivity index (χ0) is 14.8. The maximum absolute atomic E-state index is 6.04. The first-order chi connectivity index (χ1) is 10.1. The topological polar surface area (TPSA) is 78.9 Å². The van der Waals surface area contributed by atoms with Crippen molar-refractivity contribution in [2.75, 3.05) is 18.9 Å². The molecule has 1 aromatic heterocycles. The molecule has 1 aliphatic heterocycles. The molecule has 0 bridgehead atoms. The maximum atomic E-state index is 6.04. The Morgan fingerprint density at radius 3 is 2.90 bits per heavy atom. The lowest BCUT2D eigenvalue weighted by molar-refractivity contribution is 0.0601. The Labute approximate surface area is 131 Å². The van der Waals surface area contributed by atoms with Crippen molar-refractivity contribution < 1.29 is 4.74 Å². The molecule has 0 unspecified atom stereocenters. The molecular weight excluding hydrogens is 334 g/mol. The average molecular weight is 352 g/mol. The number of nitrogens with two attached hydrogens (primary N) is 1. The van der Waals surface area contributed by atoms with Crippen molar-refractivity contribution in [2.24, 2.45) is 5.92 Å². The van der Waals surface area contributed by atoms with Crippen LogP contribution in [0, 0.1) is 12.8 Å². The molecule has 1 saturated heterocycles. The average Bonchev–Trinajstić information content (AvgIpc) is 2.92. The van der Waals surface area contributed by atoms with Gasteiger partial charge in [-0.25, -0.2) is 4.68 Å². The molecule has 6 nitrogen and oxygen atoms in total. The highest BCUT2D eigenvalue weighted by Gasteiger charge is 2.19. The minimum atomic E-state index is 0.561. The summed E-state index contributed by atoms with van der Waals surface area (Å²) in [6.45, 7) is 4.46. The number of hydrogen-bond acceptors (Lipinski definition) is 5. The zero-order valence-corrected chi connectivity index (χ0v) is 13.5. The van der Waals surface area contributed by atoms with Gasteiger partial charge in [0.2, 0.25) is 0 Å². The van der Waals surface area contributed by atoms with Crippen LogP contribution < -0.4 is 5.73 Å².